The number of hydrogen-bond acceptors (Lipinski definition) is 4. The molecule has 0 saturated carbocycles. The highest BCUT2D eigenvalue weighted by Gasteiger charge is 2.47. The van der Waals surface area contributed by atoms with Crippen molar-refractivity contribution in [2.24, 2.45) is 5.92 Å². The number of rotatable bonds is 2. The van der Waals surface area contributed by atoms with E-state index >= 15 is 0 Å². The van der Waals surface area contributed by atoms with Gasteiger partial charge in [0, 0.05) is 22.6 Å². The molecule has 0 unspecified atom stereocenters. The van der Waals surface area contributed by atoms with Gasteiger partial charge in [-0.05, 0) is 29.8 Å². The largest absolute Gasteiger partial charge is 0.493 e. The van der Waals surface area contributed by atoms with Crippen molar-refractivity contribution in [3.8, 4) is 11.5 Å². The number of ether oxygens (including phenoxy) is 2. The summed E-state index contributed by atoms with van der Waals surface area (Å²) in [5, 5.41) is 12.9. The molecule has 5 nitrogen and oxygen atoms in total. The van der Waals surface area contributed by atoms with Crippen LogP contribution in [0.3, 0.4) is 0 Å². The number of carboxylic acids is 1. The SMILES string of the molecule is COc1cccc2c1OC[C@@H]1[C@@H]2Nc2ccc(C(=O)O)cc2C1(C)C. The fourth-order valence-electron chi connectivity index (χ4n) is 4.09. The highest BCUT2D eigenvalue weighted by Crippen LogP contribution is 2.53. The van der Waals surface area contributed by atoms with Crippen LogP contribution in [0.1, 0.15) is 41.4 Å². The fraction of sp³-hybridized carbons (Fsp3) is 0.350. The number of carbonyl (C=O) groups is 1. The zero-order chi connectivity index (χ0) is 17.8. The van der Waals surface area contributed by atoms with Gasteiger partial charge in [-0.2, -0.15) is 0 Å². The van der Waals surface area contributed by atoms with E-state index < -0.39 is 5.97 Å². The van der Waals surface area contributed by atoms with E-state index in [0.717, 1.165) is 28.3 Å². The Morgan fingerprint density at radius 1 is 1.32 bits per heavy atom. The molecule has 2 aromatic carbocycles. The monoisotopic (exact) mass is 339 g/mol. The molecule has 0 aromatic heterocycles. The maximum Gasteiger partial charge on any atom is 0.335 e. The summed E-state index contributed by atoms with van der Waals surface area (Å²) in [5.41, 5.74) is 3.16. The van der Waals surface area contributed by atoms with Gasteiger partial charge >= 0.3 is 5.97 Å². The maximum atomic E-state index is 11.4. The van der Waals surface area contributed by atoms with Crippen LogP contribution >= 0.6 is 0 Å². The standard InChI is InChI=1S/C20H21NO4/c1-20(2)13-9-11(19(22)23)7-8-15(13)21-17-12-5-4-6-16(24-3)18(12)25-10-14(17)20/h4-9,14,17,21H,10H2,1-3H3,(H,22,23)/t14-,17-/m1/s1. The summed E-state index contributed by atoms with van der Waals surface area (Å²) in [6.07, 6.45) is 0. The van der Waals surface area contributed by atoms with Crippen molar-refractivity contribution < 1.29 is 19.4 Å². The lowest BCUT2D eigenvalue weighted by Gasteiger charge is -2.48. The molecule has 25 heavy (non-hydrogen) atoms. The van der Waals surface area contributed by atoms with Crippen LogP contribution in [-0.4, -0.2) is 24.8 Å². The summed E-state index contributed by atoms with van der Waals surface area (Å²) >= 11 is 0. The minimum atomic E-state index is -0.907. The minimum Gasteiger partial charge on any atom is -0.493 e. The van der Waals surface area contributed by atoms with Crippen molar-refractivity contribution >= 4 is 11.7 Å². The highest BCUT2D eigenvalue weighted by molar-refractivity contribution is 5.89. The quantitative estimate of drug-likeness (QED) is 0.870. The molecule has 130 valence electrons. The number of nitrogens with one attached hydrogen (secondary N) is 1. The molecule has 2 atom stereocenters. The number of aromatic carboxylic acids is 1. The molecule has 2 aliphatic rings. The second kappa shape index (κ2) is 5.41. The van der Waals surface area contributed by atoms with Crippen molar-refractivity contribution in [3.63, 3.8) is 0 Å². The van der Waals surface area contributed by atoms with Gasteiger partial charge in [0.25, 0.3) is 0 Å². The topological polar surface area (TPSA) is 67.8 Å². The van der Waals surface area contributed by atoms with Crippen molar-refractivity contribution in [3.05, 3.63) is 53.1 Å². The second-order valence-electron chi connectivity index (χ2n) is 7.21. The van der Waals surface area contributed by atoms with Crippen LogP contribution in [0.2, 0.25) is 0 Å². The van der Waals surface area contributed by atoms with Gasteiger partial charge in [-0.1, -0.05) is 26.0 Å². The van der Waals surface area contributed by atoms with Gasteiger partial charge in [0.15, 0.2) is 11.5 Å². The lowest BCUT2D eigenvalue weighted by molar-refractivity contribution is 0.0696. The van der Waals surface area contributed by atoms with E-state index in [9.17, 15) is 9.90 Å². The molecular formula is C20H21NO4. The van der Waals surface area contributed by atoms with Crippen LogP contribution in [0.25, 0.3) is 0 Å². The lowest BCUT2D eigenvalue weighted by atomic mass is 9.65. The van der Waals surface area contributed by atoms with Crippen LogP contribution in [0.5, 0.6) is 11.5 Å². The molecule has 2 heterocycles. The van der Waals surface area contributed by atoms with Crippen molar-refractivity contribution in [2.45, 2.75) is 25.3 Å². The van der Waals surface area contributed by atoms with Crippen molar-refractivity contribution in [2.75, 3.05) is 19.0 Å². The molecule has 2 aliphatic heterocycles. The first-order valence-corrected chi connectivity index (χ1v) is 8.37. The first-order chi connectivity index (χ1) is 11.9. The third kappa shape index (κ3) is 2.26. The van der Waals surface area contributed by atoms with Crippen LogP contribution in [-0.2, 0) is 5.41 Å². The Labute approximate surface area is 146 Å². The number of fused-ring (bicyclic) bond motifs is 4. The third-order valence-electron chi connectivity index (χ3n) is 5.57. The van der Waals surface area contributed by atoms with Gasteiger partial charge in [0.1, 0.15) is 0 Å². The summed E-state index contributed by atoms with van der Waals surface area (Å²) in [7, 11) is 1.64. The van der Waals surface area contributed by atoms with E-state index in [2.05, 4.69) is 25.2 Å². The Morgan fingerprint density at radius 2 is 2.12 bits per heavy atom. The summed E-state index contributed by atoms with van der Waals surface area (Å²) in [6.45, 7) is 4.86. The number of carboxylic acid groups (broad SMARTS) is 1. The molecule has 4 rings (SSSR count). The molecule has 0 spiro atoms. The van der Waals surface area contributed by atoms with Crippen LogP contribution in [0.4, 0.5) is 5.69 Å². The molecule has 0 saturated heterocycles. The van der Waals surface area contributed by atoms with E-state index in [0.29, 0.717) is 12.2 Å². The minimum absolute atomic E-state index is 0.0945. The molecule has 0 aliphatic carbocycles. The Bertz CT molecular complexity index is 859. The number of hydrogen-bond donors (Lipinski definition) is 2. The predicted molar refractivity (Wildman–Crippen MR) is 94.8 cm³/mol. The van der Waals surface area contributed by atoms with E-state index in [-0.39, 0.29) is 17.4 Å². The van der Waals surface area contributed by atoms with Gasteiger partial charge in [0.2, 0.25) is 0 Å². The number of methoxy groups -OCH3 is 1. The molecule has 0 bridgehead atoms. The number of para-hydroxylation sites is 1. The average molecular weight is 339 g/mol. The predicted octanol–water partition coefficient (Wildman–Crippen LogP) is 3.85. The Hall–Kier alpha value is -2.69. The van der Waals surface area contributed by atoms with Gasteiger partial charge in [-0.3, -0.25) is 0 Å². The highest BCUT2D eigenvalue weighted by atomic mass is 16.5. The van der Waals surface area contributed by atoms with Gasteiger partial charge < -0.3 is 19.9 Å². The molecule has 2 N–H and O–H groups in total. The van der Waals surface area contributed by atoms with Crippen LogP contribution in [0, 0.1) is 5.92 Å². The maximum absolute atomic E-state index is 11.4. The van der Waals surface area contributed by atoms with Crippen molar-refractivity contribution in [1.82, 2.24) is 0 Å². The zero-order valence-corrected chi connectivity index (χ0v) is 14.5. The van der Waals surface area contributed by atoms with E-state index in [1.165, 1.54) is 0 Å². The van der Waals surface area contributed by atoms with Gasteiger partial charge in [-0.15, -0.1) is 0 Å². The molecule has 0 amide bonds. The smallest absolute Gasteiger partial charge is 0.335 e. The van der Waals surface area contributed by atoms with E-state index in [4.69, 9.17) is 9.47 Å². The number of anilines is 1. The molecule has 5 heteroatoms. The lowest BCUT2D eigenvalue weighted by Crippen LogP contribution is -2.46. The van der Waals surface area contributed by atoms with Gasteiger partial charge in [0.05, 0.1) is 25.3 Å². The fourth-order valence-corrected chi connectivity index (χ4v) is 4.09. The molecule has 2 aromatic rings. The van der Waals surface area contributed by atoms with E-state index in [1.54, 1.807) is 19.2 Å². The molecule has 0 radical (unpaired) electrons. The van der Waals surface area contributed by atoms with E-state index in [1.807, 2.05) is 18.2 Å². The zero-order valence-electron chi connectivity index (χ0n) is 14.5. The first-order valence-electron chi connectivity index (χ1n) is 8.37. The summed E-state index contributed by atoms with van der Waals surface area (Å²) < 4.78 is 11.5. The average Bonchev–Trinajstić information content (AvgIpc) is 2.60. The van der Waals surface area contributed by atoms with Crippen molar-refractivity contribution in [1.29, 1.82) is 0 Å². The Kier molecular flexibility index (Phi) is 3.42. The Balaban J connectivity index is 1.84. The number of benzene rings is 2. The van der Waals surface area contributed by atoms with Crippen LogP contribution in [0.15, 0.2) is 36.4 Å². The first kappa shape index (κ1) is 15.8. The third-order valence-corrected chi connectivity index (χ3v) is 5.57. The van der Waals surface area contributed by atoms with Gasteiger partial charge in [-0.25, -0.2) is 4.79 Å². The normalized spacial score (nSPS) is 22.5. The summed E-state index contributed by atoms with van der Waals surface area (Å²) in [5.74, 6) is 0.807. The second-order valence-corrected chi connectivity index (χ2v) is 7.21. The summed E-state index contributed by atoms with van der Waals surface area (Å²) in [6, 6.07) is 11.3. The molecule has 0 fully saturated rings. The Morgan fingerprint density at radius 3 is 2.84 bits per heavy atom. The summed E-state index contributed by atoms with van der Waals surface area (Å²) in [4.78, 5) is 11.4. The van der Waals surface area contributed by atoms with Crippen LogP contribution < -0.4 is 14.8 Å². The molecular weight excluding hydrogens is 318 g/mol.